The van der Waals surface area contributed by atoms with Gasteiger partial charge in [-0.3, -0.25) is 0 Å². The van der Waals surface area contributed by atoms with E-state index in [1.54, 1.807) is 12.1 Å². The van der Waals surface area contributed by atoms with Gasteiger partial charge < -0.3 is 19.2 Å². The minimum absolute atomic E-state index is 0.0330. The minimum atomic E-state index is -3.59. The Morgan fingerprint density at radius 2 is 1.57 bits per heavy atom. The SMILES string of the molecule is CC1(C)OB(c2ccc(OC(F)(F)CO)cc2)OC1(C)C. The average molecular weight is 300 g/mol. The summed E-state index contributed by atoms with van der Waals surface area (Å²) in [6, 6.07) is 5.99. The van der Waals surface area contributed by atoms with Crippen molar-refractivity contribution in [3.63, 3.8) is 0 Å². The fourth-order valence-electron chi connectivity index (χ4n) is 1.88. The normalized spacial score (nSPS) is 20.6. The average Bonchev–Trinajstić information content (AvgIpc) is 2.59. The number of aliphatic hydroxyl groups excluding tert-OH is 1. The van der Waals surface area contributed by atoms with E-state index in [0.29, 0.717) is 5.46 Å². The van der Waals surface area contributed by atoms with Crippen LogP contribution in [0.25, 0.3) is 0 Å². The molecule has 1 saturated heterocycles. The highest BCUT2D eigenvalue weighted by molar-refractivity contribution is 6.62. The maximum atomic E-state index is 12.9. The van der Waals surface area contributed by atoms with Crippen LogP contribution < -0.4 is 10.2 Å². The molecule has 0 atom stereocenters. The van der Waals surface area contributed by atoms with Crippen molar-refractivity contribution >= 4 is 12.6 Å². The Bertz CT molecular complexity index is 486. The standard InChI is InChI=1S/C14H19BF2O4/c1-12(2)13(3,4)21-15(20-12)10-5-7-11(8-6-10)19-14(16,17)9-18/h5-8,18H,9H2,1-4H3. The van der Waals surface area contributed by atoms with Crippen LogP contribution in [0.15, 0.2) is 24.3 Å². The van der Waals surface area contributed by atoms with Crippen LogP contribution in [0.4, 0.5) is 8.78 Å². The topological polar surface area (TPSA) is 47.9 Å². The highest BCUT2D eigenvalue weighted by atomic mass is 19.3. The Labute approximate surface area is 123 Å². The molecule has 116 valence electrons. The Morgan fingerprint density at radius 3 is 2.00 bits per heavy atom. The molecular formula is C14H19BF2O4. The van der Waals surface area contributed by atoms with Crippen molar-refractivity contribution in [1.82, 2.24) is 0 Å². The van der Waals surface area contributed by atoms with E-state index in [4.69, 9.17) is 14.4 Å². The Kier molecular flexibility index (Phi) is 4.03. The maximum Gasteiger partial charge on any atom is 0.494 e. The lowest BCUT2D eigenvalue weighted by Gasteiger charge is -2.32. The molecule has 1 aliphatic rings. The van der Waals surface area contributed by atoms with Gasteiger partial charge in [-0.2, -0.15) is 8.78 Å². The van der Waals surface area contributed by atoms with E-state index in [9.17, 15) is 8.78 Å². The number of rotatable bonds is 4. The number of aliphatic hydroxyl groups is 1. The summed E-state index contributed by atoms with van der Waals surface area (Å²) < 4.78 is 42.0. The van der Waals surface area contributed by atoms with Crippen LogP contribution in [0, 0.1) is 0 Å². The molecule has 0 aliphatic carbocycles. The quantitative estimate of drug-likeness (QED) is 0.864. The fraction of sp³-hybridized carbons (Fsp3) is 0.571. The van der Waals surface area contributed by atoms with Gasteiger partial charge in [0.25, 0.3) is 0 Å². The third-order valence-corrected chi connectivity index (χ3v) is 3.86. The zero-order valence-electron chi connectivity index (χ0n) is 12.5. The molecule has 0 bridgehead atoms. The molecule has 4 nitrogen and oxygen atoms in total. The van der Waals surface area contributed by atoms with Crippen LogP contribution in [0.5, 0.6) is 5.75 Å². The summed E-state index contributed by atoms with van der Waals surface area (Å²) >= 11 is 0. The van der Waals surface area contributed by atoms with Gasteiger partial charge in [0, 0.05) is 0 Å². The van der Waals surface area contributed by atoms with Gasteiger partial charge in [-0.05, 0) is 45.3 Å². The van der Waals surface area contributed by atoms with E-state index in [2.05, 4.69) is 4.74 Å². The molecular weight excluding hydrogens is 281 g/mol. The first-order valence-electron chi connectivity index (χ1n) is 6.70. The molecule has 21 heavy (non-hydrogen) atoms. The van der Waals surface area contributed by atoms with Crippen molar-refractivity contribution in [3.05, 3.63) is 24.3 Å². The molecule has 7 heteroatoms. The molecule has 1 fully saturated rings. The molecule has 1 aromatic rings. The van der Waals surface area contributed by atoms with Crippen LogP contribution in [0.1, 0.15) is 27.7 Å². The summed E-state index contributed by atoms with van der Waals surface area (Å²) in [5.74, 6) is -0.0330. The zero-order chi connectivity index (χ0) is 15.9. The summed E-state index contributed by atoms with van der Waals surface area (Å²) in [6.07, 6.45) is -3.59. The number of hydrogen-bond acceptors (Lipinski definition) is 4. The number of hydrogen-bond donors (Lipinski definition) is 1. The highest BCUT2D eigenvalue weighted by Gasteiger charge is 2.51. The van der Waals surface area contributed by atoms with Gasteiger partial charge in [-0.1, -0.05) is 12.1 Å². The van der Waals surface area contributed by atoms with E-state index >= 15 is 0 Å². The fourth-order valence-corrected chi connectivity index (χ4v) is 1.88. The van der Waals surface area contributed by atoms with Crippen LogP contribution in [0.3, 0.4) is 0 Å². The van der Waals surface area contributed by atoms with Gasteiger partial charge in [0.05, 0.1) is 11.2 Å². The largest absolute Gasteiger partial charge is 0.494 e. The van der Waals surface area contributed by atoms with Gasteiger partial charge in [0.1, 0.15) is 12.4 Å². The summed E-state index contributed by atoms with van der Waals surface area (Å²) in [6.45, 7) is 6.38. The molecule has 0 aromatic heterocycles. The predicted molar refractivity (Wildman–Crippen MR) is 74.8 cm³/mol. The van der Waals surface area contributed by atoms with Crippen LogP contribution >= 0.6 is 0 Å². The first-order chi connectivity index (χ1) is 9.56. The molecule has 0 spiro atoms. The van der Waals surface area contributed by atoms with Crippen LogP contribution in [-0.2, 0) is 9.31 Å². The Hall–Kier alpha value is -1.18. The van der Waals surface area contributed by atoms with Gasteiger partial charge in [-0.15, -0.1) is 0 Å². The molecule has 0 unspecified atom stereocenters. The molecule has 2 rings (SSSR count). The van der Waals surface area contributed by atoms with Crippen molar-refractivity contribution in [2.75, 3.05) is 6.61 Å². The summed E-state index contributed by atoms with van der Waals surface area (Å²) in [5.41, 5.74) is -0.207. The number of alkyl halides is 2. The number of benzene rings is 1. The smallest absolute Gasteiger partial charge is 0.431 e. The summed E-state index contributed by atoms with van der Waals surface area (Å²) in [4.78, 5) is 0. The Balaban J connectivity index is 2.11. The minimum Gasteiger partial charge on any atom is -0.431 e. The third kappa shape index (κ3) is 3.36. The molecule has 1 aliphatic heterocycles. The van der Waals surface area contributed by atoms with Crippen molar-refractivity contribution < 1.29 is 27.9 Å². The lowest BCUT2D eigenvalue weighted by atomic mass is 9.79. The molecule has 0 amide bonds. The molecule has 1 aromatic carbocycles. The van der Waals surface area contributed by atoms with Crippen molar-refractivity contribution in [1.29, 1.82) is 0 Å². The van der Waals surface area contributed by atoms with E-state index in [1.165, 1.54) is 12.1 Å². The van der Waals surface area contributed by atoms with E-state index in [-0.39, 0.29) is 5.75 Å². The summed E-state index contributed by atoms with van der Waals surface area (Å²) in [5, 5.41) is 8.48. The molecule has 1 heterocycles. The van der Waals surface area contributed by atoms with Gasteiger partial charge in [0.15, 0.2) is 0 Å². The van der Waals surface area contributed by atoms with Gasteiger partial charge in [-0.25, -0.2) is 0 Å². The predicted octanol–water partition coefficient (Wildman–Crippen LogP) is 1.95. The second-order valence-corrected chi connectivity index (χ2v) is 6.05. The van der Waals surface area contributed by atoms with Crippen LogP contribution in [-0.4, -0.2) is 36.1 Å². The van der Waals surface area contributed by atoms with Gasteiger partial charge in [0.2, 0.25) is 0 Å². The van der Waals surface area contributed by atoms with E-state index < -0.39 is 31.0 Å². The second kappa shape index (κ2) is 5.23. The molecule has 1 N–H and O–H groups in total. The van der Waals surface area contributed by atoms with Crippen molar-refractivity contribution in [2.45, 2.75) is 45.0 Å². The third-order valence-electron chi connectivity index (χ3n) is 3.86. The van der Waals surface area contributed by atoms with E-state index in [1.807, 2.05) is 27.7 Å². The lowest BCUT2D eigenvalue weighted by molar-refractivity contribution is -0.200. The number of halogens is 2. The summed E-state index contributed by atoms with van der Waals surface area (Å²) in [7, 11) is -0.553. The van der Waals surface area contributed by atoms with Crippen molar-refractivity contribution in [2.24, 2.45) is 0 Å². The molecule has 0 radical (unpaired) electrons. The number of ether oxygens (including phenoxy) is 1. The first kappa shape index (κ1) is 16.2. The monoisotopic (exact) mass is 300 g/mol. The van der Waals surface area contributed by atoms with Crippen LogP contribution in [0.2, 0.25) is 0 Å². The highest BCUT2D eigenvalue weighted by Crippen LogP contribution is 2.36. The zero-order valence-corrected chi connectivity index (χ0v) is 12.5. The first-order valence-corrected chi connectivity index (χ1v) is 6.70. The Morgan fingerprint density at radius 1 is 1.10 bits per heavy atom. The second-order valence-electron chi connectivity index (χ2n) is 6.05. The van der Waals surface area contributed by atoms with Crippen molar-refractivity contribution in [3.8, 4) is 5.75 Å². The molecule has 0 saturated carbocycles. The maximum absolute atomic E-state index is 12.9. The van der Waals surface area contributed by atoms with Gasteiger partial charge >= 0.3 is 13.2 Å². The lowest BCUT2D eigenvalue weighted by Crippen LogP contribution is -2.41. The van der Waals surface area contributed by atoms with E-state index in [0.717, 1.165) is 0 Å².